The van der Waals surface area contributed by atoms with E-state index in [0.717, 1.165) is 0 Å². The molecule has 14 heavy (non-hydrogen) atoms. The zero-order valence-corrected chi connectivity index (χ0v) is 9.39. The Hall–Kier alpha value is -0.500. The van der Waals surface area contributed by atoms with E-state index in [1.165, 1.54) is 0 Å². The van der Waals surface area contributed by atoms with Gasteiger partial charge in [-0.1, -0.05) is 42.3 Å². The highest BCUT2D eigenvalue weighted by Gasteiger charge is 2.16. The van der Waals surface area contributed by atoms with Crippen molar-refractivity contribution in [3.63, 3.8) is 0 Å². The van der Waals surface area contributed by atoms with Crippen LogP contribution in [0.15, 0.2) is 30.9 Å². The smallest absolute Gasteiger partial charge is 0.0864 e. The normalized spacial score (nSPS) is 14.9. The van der Waals surface area contributed by atoms with Crippen molar-refractivity contribution in [3.05, 3.63) is 46.5 Å². The number of aliphatic hydroxyl groups excluding tert-OH is 1. The molecule has 0 bridgehead atoms. The predicted octanol–water partition coefficient (Wildman–Crippen LogP) is 3.85. The molecule has 2 atom stereocenters. The lowest BCUT2D eigenvalue weighted by atomic mass is 9.98. The highest BCUT2D eigenvalue weighted by molar-refractivity contribution is 6.35. The van der Waals surface area contributed by atoms with Crippen LogP contribution in [0.5, 0.6) is 0 Å². The molecule has 3 heteroatoms. The minimum atomic E-state index is -0.628. The summed E-state index contributed by atoms with van der Waals surface area (Å²) >= 11 is 11.7. The van der Waals surface area contributed by atoms with E-state index in [9.17, 15) is 5.11 Å². The second-order valence-electron chi connectivity index (χ2n) is 3.21. The standard InChI is InChI=1S/C11H12Cl2O/c1-3-7(2)11(14)9-5-4-8(12)6-10(9)13/h3-7,11,14H,1H2,2H3/t7-,11+/m1/s1. The third-order valence-electron chi connectivity index (χ3n) is 2.15. The van der Waals surface area contributed by atoms with Crippen LogP contribution in [0, 0.1) is 5.92 Å². The van der Waals surface area contributed by atoms with E-state index in [2.05, 4.69) is 6.58 Å². The van der Waals surface area contributed by atoms with Gasteiger partial charge in [-0.05, 0) is 17.7 Å². The Balaban J connectivity index is 3.01. The zero-order chi connectivity index (χ0) is 10.7. The van der Waals surface area contributed by atoms with Crippen molar-refractivity contribution in [3.8, 4) is 0 Å². The molecule has 0 radical (unpaired) electrons. The quantitative estimate of drug-likeness (QED) is 0.783. The molecule has 1 aromatic carbocycles. The van der Waals surface area contributed by atoms with Crippen LogP contribution in [0.3, 0.4) is 0 Å². The summed E-state index contributed by atoms with van der Waals surface area (Å²) < 4.78 is 0. The van der Waals surface area contributed by atoms with Crippen molar-refractivity contribution in [2.24, 2.45) is 5.92 Å². The van der Waals surface area contributed by atoms with E-state index in [1.54, 1.807) is 24.3 Å². The van der Waals surface area contributed by atoms with Crippen molar-refractivity contribution >= 4 is 23.2 Å². The van der Waals surface area contributed by atoms with Crippen LogP contribution in [-0.4, -0.2) is 5.11 Å². The zero-order valence-electron chi connectivity index (χ0n) is 7.87. The third-order valence-corrected chi connectivity index (χ3v) is 2.71. The van der Waals surface area contributed by atoms with Crippen molar-refractivity contribution in [2.75, 3.05) is 0 Å². The van der Waals surface area contributed by atoms with Crippen LogP contribution in [0.4, 0.5) is 0 Å². The fourth-order valence-electron chi connectivity index (χ4n) is 1.15. The van der Waals surface area contributed by atoms with Crippen LogP contribution >= 0.6 is 23.2 Å². The Morgan fingerprint density at radius 1 is 1.43 bits per heavy atom. The number of hydrogen-bond donors (Lipinski definition) is 1. The summed E-state index contributed by atoms with van der Waals surface area (Å²) in [5.41, 5.74) is 0.684. The number of aliphatic hydroxyl groups is 1. The summed E-state index contributed by atoms with van der Waals surface area (Å²) in [5, 5.41) is 10.9. The largest absolute Gasteiger partial charge is 0.388 e. The topological polar surface area (TPSA) is 20.2 Å². The van der Waals surface area contributed by atoms with Gasteiger partial charge in [0.25, 0.3) is 0 Å². The van der Waals surface area contributed by atoms with Crippen LogP contribution in [0.1, 0.15) is 18.6 Å². The summed E-state index contributed by atoms with van der Waals surface area (Å²) in [4.78, 5) is 0. The molecule has 1 N–H and O–H groups in total. The number of rotatable bonds is 3. The minimum absolute atomic E-state index is 0.0336. The van der Waals surface area contributed by atoms with Crippen LogP contribution in [-0.2, 0) is 0 Å². The maximum absolute atomic E-state index is 9.86. The monoisotopic (exact) mass is 230 g/mol. The van der Waals surface area contributed by atoms with Crippen molar-refractivity contribution in [2.45, 2.75) is 13.0 Å². The van der Waals surface area contributed by atoms with Gasteiger partial charge in [0, 0.05) is 16.0 Å². The van der Waals surface area contributed by atoms with Crippen LogP contribution < -0.4 is 0 Å². The highest BCUT2D eigenvalue weighted by Crippen LogP contribution is 2.30. The van der Waals surface area contributed by atoms with Gasteiger partial charge in [-0.2, -0.15) is 0 Å². The first-order valence-electron chi connectivity index (χ1n) is 4.32. The summed E-state index contributed by atoms with van der Waals surface area (Å²) in [6.07, 6.45) is 1.06. The van der Waals surface area contributed by atoms with E-state index >= 15 is 0 Å². The Kier molecular flexibility index (Phi) is 3.99. The lowest BCUT2D eigenvalue weighted by Gasteiger charge is -2.16. The number of hydrogen-bond acceptors (Lipinski definition) is 1. The van der Waals surface area contributed by atoms with Gasteiger partial charge >= 0.3 is 0 Å². The SMILES string of the molecule is C=C[C@@H](C)[C@H](O)c1ccc(Cl)cc1Cl. The van der Waals surface area contributed by atoms with Gasteiger partial charge in [0.1, 0.15) is 0 Å². The molecule has 0 heterocycles. The van der Waals surface area contributed by atoms with Gasteiger partial charge in [-0.25, -0.2) is 0 Å². The second-order valence-corrected chi connectivity index (χ2v) is 4.05. The van der Waals surface area contributed by atoms with Gasteiger partial charge in [-0.3, -0.25) is 0 Å². The fourth-order valence-corrected chi connectivity index (χ4v) is 1.67. The van der Waals surface area contributed by atoms with Crippen molar-refractivity contribution < 1.29 is 5.11 Å². The van der Waals surface area contributed by atoms with Gasteiger partial charge in [0.2, 0.25) is 0 Å². The molecule has 76 valence electrons. The molecule has 0 aromatic heterocycles. The molecule has 1 aromatic rings. The first-order valence-corrected chi connectivity index (χ1v) is 5.07. The first-order chi connectivity index (χ1) is 6.56. The van der Waals surface area contributed by atoms with E-state index in [0.29, 0.717) is 15.6 Å². The van der Waals surface area contributed by atoms with E-state index in [-0.39, 0.29) is 5.92 Å². The van der Waals surface area contributed by atoms with E-state index in [1.807, 2.05) is 6.92 Å². The van der Waals surface area contributed by atoms with Gasteiger partial charge < -0.3 is 5.11 Å². The summed E-state index contributed by atoms with van der Waals surface area (Å²) in [6, 6.07) is 5.06. The lowest BCUT2D eigenvalue weighted by molar-refractivity contribution is 0.140. The van der Waals surface area contributed by atoms with Gasteiger partial charge in [0.05, 0.1) is 6.10 Å². The second kappa shape index (κ2) is 4.83. The third kappa shape index (κ3) is 2.50. The molecule has 0 aliphatic carbocycles. The Morgan fingerprint density at radius 3 is 2.57 bits per heavy atom. The molecule has 0 spiro atoms. The average molecular weight is 231 g/mol. The summed E-state index contributed by atoms with van der Waals surface area (Å²) in [7, 11) is 0. The Morgan fingerprint density at radius 2 is 2.07 bits per heavy atom. The molecule has 0 aliphatic rings. The Bertz CT molecular complexity index is 336. The molecule has 0 fully saturated rings. The maximum Gasteiger partial charge on any atom is 0.0864 e. The summed E-state index contributed by atoms with van der Waals surface area (Å²) in [6.45, 7) is 5.50. The molecule has 0 saturated heterocycles. The van der Waals surface area contributed by atoms with E-state index in [4.69, 9.17) is 23.2 Å². The number of halogens is 2. The van der Waals surface area contributed by atoms with Crippen molar-refractivity contribution in [1.29, 1.82) is 0 Å². The highest BCUT2D eigenvalue weighted by atomic mass is 35.5. The molecular weight excluding hydrogens is 219 g/mol. The molecule has 0 aliphatic heterocycles. The van der Waals surface area contributed by atoms with Crippen LogP contribution in [0.25, 0.3) is 0 Å². The van der Waals surface area contributed by atoms with E-state index < -0.39 is 6.10 Å². The maximum atomic E-state index is 9.86. The van der Waals surface area contributed by atoms with Gasteiger partial charge in [0.15, 0.2) is 0 Å². The number of benzene rings is 1. The fraction of sp³-hybridized carbons (Fsp3) is 0.273. The first kappa shape index (κ1) is 11.6. The molecule has 0 saturated carbocycles. The molecule has 0 unspecified atom stereocenters. The van der Waals surface area contributed by atoms with Crippen molar-refractivity contribution in [1.82, 2.24) is 0 Å². The van der Waals surface area contributed by atoms with Crippen LogP contribution in [0.2, 0.25) is 10.0 Å². The Labute approximate surface area is 94.0 Å². The molecule has 1 rings (SSSR count). The summed E-state index contributed by atoms with van der Waals surface area (Å²) in [5.74, 6) is -0.0336. The predicted molar refractivity (Wildman–Crippen MR) is 60.8 cm³/mol. The molecule has 0 amide bonds. The molecule has 1 nitrogen and oxygen atoms in total. The minimum Gasteiger partial charge on any atom is -0.388 e. The van der Waals surface area contributed by atoms with Gasteiger partial charge in [-0.15, -0.1) is 6.58 Å². The average Bonchev–Trinajstić information content (AvgIpc) is 2.15. The molecular formula is C11H12Cl2O. The lowest BCUT2D eigenvalue weighted by Crippen LogP contribution is -2.06.